The Morgan fingerprint density at radius 1 is 1.22 bits per heavy atom. The van der Waals surface area contributed by atoms with Crippen molar-refractivity contribution < 1.29 is 9.53 Å². The van der Waals surface area contributed by atoms with Gasteiger partial charge in [-0.05, 0) is 50.7 Å². The third kappa shape index (κ3) is 4.22. The summed E-state index contributed by atoms with van der Waals surface area (Å²) in [5.41, 5.74) is 2.41. The zero-order valence-electron chi connectivity index (χ0n) is 13.8. The second-order valence-electron chi connectivity index (χ2n) is 5.21. The number of hydrogen-bond acceptors (Lipinski definition) is 4. The summed E-state index contributed by atoms with van der Waals surface area (Å²) in [7, 11) is 0. The first-order valence-electron chi connectivity index (χ1n) is 7.94. The molecule has 124 valence electrons. The van der Waals surface area contributed by atoms with Gasteiger partial charge < -0.3 is 15.0 Å². The second kappa shape index (κ2) is 7.97. The second-order valence-corrected chi connectivity index (χ2v) is 5.62. The van der Waals surface area contributed by atoms with Crippen molar-refractivity contribution in [1.29, 1.82) is 0 Å². The van der Waals surface area contributed by atoms with E-state index in [9.17, 15) is 4.79 Å². The Bertz CT molecular complexity index is 624. The fourth-order valence-electron chi connectivity index (χ4n) is 2.40. The van der Waals surface area contributed by atoms with Gasteiger partial charge in [0.1, 0.15) is 11.4 Å². The number of rotatable bonds is 7. The van der Waals surface area contributed by atoms with Gasteiger partial charge in [-0.25, -0.2) is 0 Å². The van der Waals surface area contributed by atoms with Gasteiger partial charge >= 0.3 is 0 Å². The largest absolute Gasteiger partial charge is 0.493 e. The van der Waals surface area contributed by atoms with Crippen molar-refractivity contribution >= 4 is 35.0 Å². The lowest BCUT2D eigenvalue weighted by Gasteiger charge is -2.22. The fraction of sp³-hybridized carbons (Fsp3) is 0.412. The molecule has 1 heterocycles. The zero-order valence-corrected chi connectivity index (χ0v) is 14.6. The van der Waals surface area contributed by atoms with Crippen molar-refractivity contribution in [2.24, 2.45) is 0 Å². The molecular weight excluding hydrogens is 310 g/mol. The third-order valence-corrected chi connectivity index (χ3v) is 3.81. The molecule has 1 saturated heterocycles. The summed E-state index contributed by atoms with van der Waals surface area (Å²) in [5.74, 6) is 0.556. The maximum absolute atomic E-state index is 11.8. The summed E-state index contributed by atoms with van der Waals surface area (Å²) in [6, 6.07) is 6.05. The van der Waals surface area contributed by atoms with E-state index in [-0.39, 0.29) is 5.91 Å². The highest BCUT2D eigenvalue weighted by Crippen LogP contribution is 2.28. The average Bonchev–Trinajstić information content (AvgIpc) is 2.85. The van der Waals surface area contributed by atoms with E-state index in [1.165, 1.54) is 0 Å². The van der Waals surface area contributed by atoms with E-state index in [0.29, 0.717) is 17.4 Å². The normalized spacial score (nSPS) is 15.5. The Morgan fingerprint density at radius 2 is 1.96 bits per heavy atom. The number of benzene rings is 1. The van der Waals surface area contributed by atoms with Gasteiger partial charge in [0.25, 0.3) is 5.91 Å². The van der Waals surface area contributed by atoms with Crippen molar-refractivity contribution in [1.82, 2.24) is 10.6 Å². The molecule has 1 aliphatic heterocycles. The number of hydrogen-bond donors (Lipinski definition) is 2. The van der Waals surface area contributed by atoms with E-state index in [4.69, 9.17) is 17.0 Å². The van der Waals surface area contributed by atoms with E-state index in [0.717, 1.165) is 36.5 Å². The molecule has 0 unspecified atom stereocenters. The molecular formula is C17H23N3O2S. The number of ether oxygens (including phenoxy) is 1. The van der Waals surface area contributed by atoms with Crippen LogP contribution in [0.1, 0.15) is 32.8 Å². The monoisotopic (exact) mass is 333 g/mol. The molecule has 23 heavy (non-hydrogen) atoms. The topological polar surface area (TPSA) is 53.6 Å². The van der Waals surface area contributed by atoms with Gasteiger partial charge in [-0.2, -0.15) is 0 Å². The first kappa shape index (κ1) is 17.3. The summed E-state index contributed by atoms with van der Waals surface area (Å²) < 4.78 is 5.87. The smallest absolute Gasteiger partial charge is 0.273 e. The Morgan fingerprint density at radius 3 is 2.52 bits per heavy atom. The number of nitrogens with zero attached hydrogens (tertiary/aromatic N) is 1. The van der Waals surface area contributed by atoms with Crippen LogP contribution in [0.5, 0.6) is 5.75 Å². The van der Waals surface area contributed by atoms with Crippen LogP contribution in [0.3, 0.4) is 0 Å². The lowest BCUT2D eigenvalue weighted by molar-refractivity contribution is -0.115. The van der Waals surface area contributed by atoms with Crippen LogP contribution in [0.4, 0.5) is 5.69 Å². The maximum Gasteiger partial charge on any atom is 0.273 e. The molecule has 0 radical (unpaired) electrons. The maximum atomic E-state index is 11.8. The summed E-state index contributed by atoms with van der Waals surface area (Å²) in [5, 5.41) is 5.75. The Labute approximate surface area is 142 Å². The minimum Gasteiger partial charge on any atom is -0.493 e. The Kier molecular flexibility index (Phi) is 5.98. The predicted octanol–water partition coefficient (Wildman–Crippen LogP) is 2.67. The summed E-state index contributed by atoms with van der Waals surface area (Å²) in [4.78, 5) is 14.1. The summed E-state index contributed by atoms with van der Waals surface area (Å²) >= 11 is 4.96. The average molecular weight is 333 g/mol. The number of anilines is 1. The standard InChI is InChI=1S/C17H23N3O2S/c1-4-9-22-15-11-13(20(5-2)6-3)8-7-12(15)10-14-16(21)19-17(23)18-14/h7-8,10-11H,4-6,9H2,1-3H3,(H2,18,19,21,23). The molecule has 0 spiro atoms. The summed E-state index contributed by atoms with van der Waals surface area (Å²) in [6.07, 6.45) is 2.69. The third-order valence-electron chi connectivity index (χ3n) is 3.61. The van der Waals surface area contributed by atoms with Crippen molar-refractivity contribution in [2.75, 3.05) is 24.6 Å². The molecule has 1 fully saturated rings. The molecule has 0 bridgehead atoms. The van der Waals surface area contributed by atoms with Crippen molar-refractivity contribution in [3.63, 3.8) is 0 Å². The molecule has 0 saturated carbocycles. The fourth-order valence-corrected chi connectivity index (χ4v) is 2.61. The van der Waals surface area contributed by atoms with Crippen molar-refractivity contribution in [2.45, 2.75) is 27.2 Å². The lowest BCUT2D eigenvalue weighted by atomic mass is 10.1. The van der Waals surface area contributed by atoms with Gasteiger partial charge in [0.2, 0.25) is 0 Å². The zero-order chi connectivity index (χ0) is 16.8. The molecule has 0 aromatic heterocycles. The van der Waals surface area contributed by atoms with Crippen LogP contribution in [-0.4, -0.2) is 30.7 Å². The number of amides is 1. The molecule has 1 amide bonds. The van der Waals surface area contributed by atoms with Gasteiger partial charge in [-0.3, -0.25) is 10.1 Å². The van der Waals surface area contributed by atoms with Gasteiger partial charge in [0.05, 0.1) is 6.61 Å². The van der Waals surface area contributed by atoms with Gasteiger partial charge in [0, 0.05) is 30.4 Å². The highest BCUT2D eigenvalue weighted by atomic mass is 32.1. The molecule has 5 nitrogen and oxygen atoms in total. The predicted molar refractivity (Wildman–Crippen MR) is 97.6 cm³/mol. The van der Waals surface area contributed by atoms with Gasteiger partial charge in [-0.1, -0.05) is 6.92 Å². The molecule has 1 aromatic rings. The molecule has 2 N–H and O–H groups in total. The molecule has 6 heteroatoms. The Hall–Kier alpha value is -2.08. The summed E-state index contributed by atoms with van der Waals surface area (Å²) in [6.45, 7) is 8.82. The van der Waals surface area contributed by atoms with E-state index in [1.54, 1.807) is 6.08 Å². The van der Waals surface area contributed by atoms with E-state index in [2.05, 4.69) is 36.3 Å². The van der Waals surface area contributed by atoms with E-state index >= 15 is 0 Å². The highest BCUT2D eigenvalue weighted by molar-refractivity contribution is 7.80. The SMILES string of the molecule is CCCOc1cc(N(CC)CC)ccc1C=C1NC(=S)NC1=O. The minimum atomic E-state index is -0.218. The van der Waals surface area contributed by atoms with Gasteiger partial charge in [0.15, 0.2) is 5.11 Å². The molecule has 0 atom stereocenters. The Balaban J connectivity index is 2.36. The van der Waals surface area contributed by atoms with E-state index in [1.807, 2.05) is 18.2 Å². The number of carbonyl (C=O) groups is 1. The molecule has 1 aliphatic rings. The van der Waals surface area contributed by atoms with Crippen LogP contribution in [-0.2, 0) is 4.79 Å². The quantitative estimate of drug-likeness (QED) is 0.593. The van der Waals surface area contributed by atoms with Crippen molar-refractivity contribution in [3.05, 3.63) is 29.5 Å². The highest BCUT2D eigenvalue weighted by Gasteiger charge is 2.20. The number of nitrogens with one attached hydrogen (secondary N) is 2. The van der Waals surface area contributed by atoms with Crippen LogP contribution in [0.25, 0.3) is 6.08 Å². The lowest BCUT2D eigenvalue weighted by Crippen LogP contribution is -2.21. The van der Waals surface area contributed by atoms with Crippen LogP contribution in [0.15, 0.2) is 23.9 Å². The number of thiocarbonyl (C=S) groups is 1. The van der Waals surface area contributed by atoms with Crippen LogP contribution < -0.4 is 20.3 Å². The van der Waals surface area contributed by atoms with Crippen molar-refractivity contribution in [3.8, 4) is 5.75 Å². The molecule has 2 rings (SSSR count). The molecule has 1 aromatic carbocycles. The van der Waals surface area contributed by atoms with E-state index < -0.39 is 0 Å². The van der Waals surface area contributed by atoms with Crippen LogP contribution in [0, 0.1) is 0 Å². The number of carbonyl (C=O) groups excluding carboxylic acids is 1. The molecule has 0 aliphatic carbocycles. The minimum absolute atomic E-state index is 0.218. The first-order valence-corrected chi connectivity index (χ1v) is 8.35. The van der Waals surface area contributed by atoms with Crippen LogP contribution >= 0.6 is 12.2 Å². The first-order chi connectivity index (χ1) is 11.1. The van der Waals surface area contributed by atoms with Crippen LogP contribution in [0.2, 0.25) is 0 Å². The van der Waals surface area contributed by atoms with Gasteiger partial charge in [-0.15, -0.1) is 0 Å².